The molecule has 4 heterocycles. The standard InChI is InChI=1S/C22H25N5O4/c1-12-18-16(30-20(12)21(28)23-9-15-3-2-8-29-15)7-6-14-10-27(25-19(14)18)11-17-24-22(31-26-17)13-4-5-13/h10,13,15H,2-9,11H2,1H3,(H,23,28)/t15-/m0/s1. The van der Waals surface area contributed by atoms with Gasteiger partial charge in [-0.1, -0.05) is 5.16 Å². The van der Waals surface area contributed by atoms with Gasteiger partial charge in [0.25, 0.3) is 5.91 Å². The van der Waals surface area contributed by atoms with Crippen LogP contribution in [0.25, 0.3) is 11.3 Å². The fourth-order valence-corrected chi connectivity index (χ4v) is 4.53. The molecule has 162 valence electrons. The maximum absolute atomic E-state index is 12.7. The van der Waals surface area contributed by atoms with E-state index in [2.05, 4.69) is 15.5 Å². The number of ether oxygens (including phenoxy) is 1. The predicted octanol–water partition coefficient (Wildman–Crippen LogP) is 2.77. The second-order valence-corrected chi connectivity index (χ2v) is 8.72. The summed E-state index contributed by atoms with van der Waals surface area (Å²) >= 11 is 0. The SMILES string of the molecule is Cc1c(C(=O)NC[C@@H]2CCCO2)oc2c1-c1nn(Cc3noc(C4CC4)n3)cc1CC2. The normalized spacial score (nSPS) is 20.0. The predicted molar refractivity (Wildman–Crippen MR) is 109 cm³/mol. The molecule has 9 nitrogen and oxygen atoms in total. The van der Waals surface area contributed by atoms with Gasteiger partial charge in [0.1, 0.15) is 12.3 Å². The second kappa shape index (κ2) is 7.33. The molecule has 1 saturated carbocycles. The molecule has 0 bridgehead atoms. The molecule has 0 unspecified atom stereocenters. The third kappa shape index (κ3) is 3.46. The highest BCUT2D eigenvalue weighted by atomic mass is 16.5. The summed E-state index contributed by atoms with van der Waals surface area (Å²) < 4.78 is 18.8. The highest BCUT2D eigenvalue weighted by molar-refractivity contribution is 5.95. The fourth-order valence-electron chi connectivity index (χ4n) is 4.53. The molecule has 1 atom stereocenters. The number of amides is 1. The fraction of sp³-hybridized carbons (Fsp3) is 0.545. The quantitative estimate of drug-likeness (QED) is 0.649. The molecule has 6 rings (SSSR count). The van der Waals surface area contributed by atoms with Gasteiger partial charge in [-0.25, -0.2) is 0 Å². The van der Waals surface area contributed by atoms with E-state index < -0.39 is 0 Å². The number of carbonyl (C=O) groups excluding carboxylic acids is 1. The maximum atomic E-state index is 12.7. The first-order valence-electron chi connectivity index (χ1n) is 11.1. The molecule has 0 spiro atoms. The minimum Gasteiger partial charge on any atom is -0.455 e. The van der Waals surface area contributed by atoms with E-state index in [4.69, 9.17) is 18.8 Å². The van der Waals surface area contributed by atoms with E-state index in [0.29, 0.717) is 30.6 Å². The molecule has 2 fully saturated rings. The Bertz CT molecular complexity index is 1130. The van der Waals surface area contributed by atoms with E-state index in [1.54, 1.807) is 0 Å². The van der Waals surface area contributed by atoms with Crippen LogP contribution in [0.5, 0.6) is 0 Å². The van der Waals surface area contributed by atoms with Crippen LogP contribution >= 0.6 is 0 Å². The Morgan fingerprint density at radius 1 is 1.29 bits per heavy atom. The van der Waals surface area contributed by atoms with Gasteiger partial charge < -0.3 is 19.0 Å². The summed E-state index contributed by atoms with van der Waals surface area (Å²) in [5.74, 6) is 2.82. The Morgan fingerprint density at radius 3 is 3.00 bits per heavy atom. The number of nitrogens with one attached hydrogen (secondary N) is 1. The summed E-state index contributed by atoms with van der Waals surface area (Å²) in [6.07, 6.45) is 8.00. The molecule has 1 saturated heterocycles. The summed E-state index contributed by atoms with van der Waals surface area (Å²) in [7, 11) is 0. The molecule has 0 radical (unpaired) electrons. The largest absolute Gasteiger partial charge is 0.455 e. The smallest absolute Gasteiger partial charge is 0.287 e. The number of aryl methyl sites for hydroxylation is 2. The minimum absolute atomic E-state index is 0.0988. The lowest BCUT2D eigenvalue weighted by atomic mass is 9.93. The molecule has 1 aliphatic heterocycles. The highest BCUT2D eigenvalue weighted by Crippen LogP contribution is 2.39. The van der Waals surface area contributed by atoms with Crippen molar-refractivity contribution in [3.05, 3.63) is 40.6 Å². The molecule has 1 amide bonds. The summed E-state index contributed by atoms with van der Waals surface area (Å²) in [5, 5.41) is 11.8. The van der Waals surface area contributed by atoms with Crippen molar-refractivity contribution >= 4 is 5.91 Å². The number of hydrogen-bond acceptors (Lipinski definition) is 7. The van der Waals surface area contributed by atoms with Crippen molar-refractivity contribution < 1.29 is 18.5 Å². The van der Waals surface area contributed by atoms with Gasteiger partial charge in [0.15, 0.2) is 11.6 Å². The third-order valence-electron chi connectivity index (χ3n) is 6.35. The van der Waals surface area contributed by atoms with Crippen LogP contribution in [0, 0.1) is 6.92 Å². The van der Waals surface area contributed by atoms with Crippen molar-refractivity contribution in [2.75, 3.05) is 13.2 Å². The molecule has 3 aromatic heterocycles. The lowest BCUT2D eigenvalue weighted by Gasteiger charge is -2.10. The van der Waals surface area contributed by atoms with Gasteiger partial charge in [0.2, 0.25) is 5.89 Å². The van der Waals surface area contributed by atoms with Gasteiger partial charge in [-0.15, -0.1) is 0 Å². The number of furan rings is 1. The Balaban J connectivity index is 1.22. The zero-order chi connectivity index (χ0) is 20.9. The molecular weight excluding hydrogens is 398 g/mol. The van der Waals surface area contributed by atoms with Crippen molar-refractivity contribution in [1.29, 1.82) is 0 Å². The van der Waals surface area contributed by atoms with Gasteiger partial charge >= 0.3 is 0 Å². The number of hydrogen-bond donors (Lipinski definition) is 1. The van der Waals surface area contributed by atoms with E-state index in [0.717, 1.165) is 79.2 Å². The highest BCUT2D eigenvalue weighted by Gasteiger charge is 2.31. The van der Waals surface area contributed by atoms with Gasteiger partial charge in [-0.3, -0.25) is 9.48 Å². The van der Waals surface area contributed by atoms with Crippen LogP contribution in [-0.2, 0) is 24.1 Å². The summed E-state index contributed by atoms with van der Waals surface area (Å²) in [6, 6.07) is 0. The lowest BCUT2D eigenvalue weighted by Crippen LogP contribution is -2.31. The molecule has 2 aliphatic carbocycles. The van der Waals surface area contributed by atoms with Crippen LogP contribution in [-0.4, -0.2) is 45.1 Å². The van der Waals surface area contributed by atoms with Crippen LogP contribution in [0.15, 0.2) is 15.1 Å². The van der Waals surface area contributed by atoms with Crippen molar-refractivity contribution in [1.82, 2.24) is 25.2 Å². The summed E-state index contributed by atoms with van der Waals surface area (Å²) in [4.78, 5) is 17.2. The average molecular weight is 423 g/mol. The topological polar surface area (TPSA) is 108 Å². The number of nitrogens with zero attached hydrogens (tertiary/aromatic N) is 4. The van der Waals surface area contributed by atoms with Crippen molar-refractivity contribution in [2.45, 2.75) is 64.0 Å². The maximum Gasteiger partial charge on any atom is 0.287 e. The monoisotopic (exact) mass is 423 g/mol. The Hall–Kier alpha value is -2.94. The lowest BCUT2D eigenvalue weighted by molar-refractivity contribution is 0.0833. The summed E-state index contributed by atoms with van der Waals surface area (Å²) in [6.45, 7) is 3.67. The zero-order valence-electron chi connectivity index (χ0n) is 17.5. The Morgan fingerprint density at radius 2 is 2.19 bits per heavy atom. The van der Waals surface area contributed by atoms with Crippen LogP contribution in [0.4, 0.5) is 0 Å². The Labute approximate surface area is 179 Å². The van der Waals surface area contributed by atoms with E-state index in [9.17, 15) is 4.79 Å². The minimum atomic E-state index is -0.192. The van der Waals surface area contributed by atoms with Gasteiger partial charge in [-0.2, -0.15) is 10.1 Å². The molecule has 0 aromatic carbocycles. The first-order valence-corrected chi connectivity index (χ1v) is 11.1. The van der Waals surface area contributed by atoms with Crippen LogP contribution in [0.2, 0.25) is 0 Å². The van der Waals surface area contributed by atoms with Crippen molar-refractivity contribution in [2.24, 2.45) is 0 Å². The number of fused-ring (bicyclic) bond motifs is 3. The first kappa shape index (κ1) is 18.8. The Kier molecular flexibility index (Phi) is 4.45. The van der Waals surface area contributed by atoms with Gasteiger partial charge in [0, 0.05) is 42.8 Å². The van der Waals surface area contributed by atoms with Crippen molar-refractivity contribution in [3.8, 4) is 11.3 Å². The van der Waals surface area contributed by atoms with Crippen LogP contribution in [0.1, 0.15) is 70.8 Å². The second-order valence-electron chi connectivity index (χ2n) is 8.72. The number of carbonyl (C=O) groups is 1. The molecule has 31 heavy (non-hydrogen) atoms. The van der Waals surface area contributed by atoms with E-state index in [1.807, 2.05) is 17.8 Å². The van der Waals surface area contributed by atoms with Crippen LogP contribution in [0.3, 0.4) is 0 Å². The van der Waals surface area contributed by atoms with E-state index in [-0.39, 0.29) is 12.0 Å². The van der Waals surface area contributed by atoms with Crippen molar-refractivity contribution in [3.63, 3.8) is 0 Å². The molecule has 3 aromatic rings. The zero-order valence-corrected chi connectivity index (χ0v) is 17.5. The number of rotatable bonds is 6. The molecular formula is C22H25N5O4. The molecule has 9 heteroatoms. The third-order valence-corrected chi connectivity index (χ3v) is 6.35. The van der Waals surface area contributed by atoms with Crippen LogP contribution < -0.4 is 5.32 Å². The first-order chi connectivity index (χ1) is 15.2. The summed E-state index contributed by atoms with van der Waals surface area (Å²) in [5.41, 5.74) is 3.80. The average Bonchev–Trinajstić information content (AvgIpc) is 3.16. The van der Waals surface area contributed by atoms with Gasteiger partial charge in [0.05, 0.1) is 11.8 Å². The number of aromatic nitrogens is 4. The molecule has 3 aliphatic rings. The van der Waals surface area contributed by atoms with E-state index >= 15 is 0 Å². The molecule has 1 N–H and O–H groups in total. The van der Waals surface area contributed by atoms with E-state index in [1.165, 1.54) is 0 Å². The van der Waals surface area contributed by atoms with Gasteiger partial charge in [-0.05, 0) is 44.6 Å².